The Labute approximate surface area is 120 Å². The van der Waals surface area contributed by atoms with Crippen LogP contribution in [-0.4, -0.2) is 37.4 Å². The average Bonchev–Trinajstić information content (AvgIpc) is 2.43. The molecule has 0 radical (unpaired) electrons. The number of carbonyl (C=O) groups is 2. The number of ether oxygens (including phenoxy) is 3. The molecule has 0 N–H and O–H groups in total. The van der Waals surface area contributed by atoms with Crippen LogP contribution in [0.1, 0.15) is 17.3 Å². The number of carbonyl (C=O) groups excluding carboxylic acids is 2. The first-order chi connectivity index (χ1) is 8.99. The molecule has 0 saturated heterocycles. The number of Topliss-reactive ketones (excluding diaryl/α,β-unsaturated/α-hetero) is 1. The van der Waals surface area contributed by atoms with E-state index in [4.69, 9.17) is 9.47 Å². The lowest BCUT2D eigenvalue weighted by Crippen LogP contribution is -2.23. The van der Waals surface area contributed by atoms with Gasteiger partial charge in [-0.3, -0.25) is 9.59 Å². The zero-order chi connectivity index (χ0) is 14.4. The number of benzene rings is 1. The summed E-state index contributed by atoms with van der Waals surface area (Å²) in [6, 6.07) is 4.87. The molecule has 1 aromatic rings. The Kier molecular flexibility index (Phi) is 5.82. The highest BCUT2D eigenvalue weighted by Crippen LogP contribution is 2.28. The fourth-order valence-corrected chi connectivity index (χ4v) is 1.68. The molecule has 19 heavy (non-hydrogen) atoms. The van der Waals surface area contributed by atoms with Crippen LogP contribution in [-0.2, 0) is 9.53 Å². The van der Waals surface area contributed by atoms with Crippen LogP contribution in [0.5, 0.6) is 11.5 Å². The fraction of sp³-hybridized carbons (Fsp3) is 0.385. The molecule has 0 bridgehead atoms. The van der Waals surface area contributed by atoms with Crippen molar-refractivity contribution in [3.05, 3.63) is 23.8 Å². The Bertz CT molecular complexity index is 472. The molecule has 0 heterocycles. The van der Waals surface area contributed by atoms with Crippen LogP contribution in [0.3, 0.4) is 0 Å². The molecule has 104 valence electrons. The number of ketones is 1. The van der Waals surface area contributed by atoms with Crippen molar-refractivity contribution in [2.24, 2.45) is 0 Å². The van der Waals surface area contributed by atoms with Crippen LogP contribution < -0.4 is 9.47 Å². The number of halogens is 1. The molecule has 5 nitrogen and oxygen atoms in total. The van der Waals surface area contributed by atoms with E-state index in [2.05, 4.69) is 20.7 Å². The summed E-state index contributed by atoms with van der Waals surface area (Å²) in [4.78, 5) is 21.9. The van der Waals surface area contributed by atoms with Gasteiger partial charge >= 0.3 is 5.97 Å². The summed E-state index contributed by atoms with van der Waals surface area (Å²) in [5, 5.41) is 0. The van der Waals surface area contributed by atoms with Gasteiger partial charge in [-0.15, -0.1) is 0 Å². The van der Waals surface area contributed by atoms with Crippen molar-refractivity contribution in [1.82, 2.24) is 0 Å². The Morgan fingerprint density at radius 3 is 2.47 bits per heavy atom. The van der Waals surface area contributed by atoms with Gasteiger partial charge in [-0.1, -0.05) is 15.9 Å². The van der Waals surface area contributed by atoms with E-state index >= 15 is 0 Å². The van der Waals surface area contributed by atoms with E-state index in [1.807, 2.05) is 0 Å². The lowest BCUT2D eigenvalue weighted by molar-refractivity contribution is -0.140. The first-order valence-electron chi connectivity index (χ1n) is 5.53. The van der Waals surface area contributed by atoms with E-state index < -0.39 is 10.8 Å². The van der Waals surface area contributed by atoms with Crippen LogP contribution in [0, 0.1) is 0 Å². The van der Waals surface area contributed by atoms with Crippen LogP contribution in [0.15, 0.2) is 18.2 Å². The summed E-state index contributed by atoms with van der Waals surface area (Å²) in [6.45, 7) is 1.57. The Balaban J connectivity index is 2.78. The van der Waals surface area contributed by atoms with Gasteiger partial charge in [0.15, 0.2) is 17.3 Å². The van der Waals surface area contributed by atoms with Gasteiger partial charge in [0.05, 0.1) is 14.2 Å². The maximum atomic E-state index is 11.3. The zero-order valence-corrected chi connectivity index (χ0v) is 12.5. The molecule has 0 saturated carbocycles. The molecule has 0 fully saturated rings. The van der Waals surface area contributed by atoms with E-state index in [-0.39, 0.29) is 12.4 Å². The van der Waals surface area contributed by atoms with Gasteiger partial charge in [0.25, 0.3) is 0 Å². The van der Waals surface area contributed by atoms with Gasteiger partial charge in [-0.2, -0.15) is 0 Å². The molecular weight excluding hydrogens is 316 g/mol. The topological polar surface area (TPSA) is 61.8 Å². The third-order valence-electron chi connectivity index (χ3n) is 2.41. The second-order valence-corrected chi connectivity index (χ2v) is 4.83. The first-order valence-corrected chi connectivity index (χ1v) is 6.44. The number of alkyl halides is 1. The minimum atomic E-state index is -0.560. The summed E-state index contributed by atoms with van der Waals surface area (Å²) in [7, 11) is 2.79. The van der Waals surface area contributed by atoms with Gasteiger partial charge < -0.3 is 14.2 Å². The summed E-state index contributed by atoms with van der Waals surface area (Å²) >= 11 is 3.15. The molecule has 1 unspecified atom stereocenters. The summed E-state index contributed by atoms with van der Waals surface area (Å²) in [6.07, 6.45) is 0. The minimum Gasteiger partial charge on any atom is -0.493 e. The highest BCUT2D eigenvalue weighted by molar-refractivity contribution is 9.10. The van der Waals surface area contributed by atoms with Gasteiger partial charge in [0.1, 0.15) is 11.4 Å². The summed E-state index contributed by atoms with van der Waals surface area (Å²) < 4.78 is 15.2. The van der Waals surface area contributed by atoms with Crippen molar-refractivity contribution in [2.75, 3.05) is 20.8 Å². The first kappa shape index (κ1) is 15.5. The number of rotatable bonds is 6. The summed E-state index contributed by atoms with van der Waals surface area (Å²) in [5.41, 5.74) is 0.535. The third-order valence-corrected chi connectivity index (χ3v) is 3.05. The second kappa shape index (κ2) is 7.13. The molecule has 0 aromatic heterocycles. The molecule has 6 heteroatoms. The molecule has 1 atom stereocenters. The molecule has 0 aliphatic carbocycles. The quantitative estimate of drug-likeness (QED) is 0.454. The predicted molar refractivity (Wildman–Crippen MR) is 73.2 cm³/mol. The average molecular weight is 331 g/mol. The van der Waals surface area contributed by atoms with Crippen molar-refractivity contribution < 1.29 is 23.8 Å². The molecule has 0 aliphatic heterocycles. The van der Waals surface area contributed by atoms with E-state index in [0.29, 0.717) is 17.1 Å². The standard InChI is InChI=1S/C13H15BrO5/c1-8(15)9-4-5-11(12(6-9)17-2)19-7-10(14)13(16)18-3/h4-6,10H,7H2,1-3H3. The molecule has 0 spiro atoms. The van der Waals surface area contributed by atoms with Gasteiger partial charge in [0, 0.05) is 5.56 Å². The third kappa shape index (κ3) is 4.24. The minimum absolute atomic E-state index is 0.0576. The highest BCUT2D eigenvalue weighted by Gasteiger charge is 2.17. The fourth-order valence-electron chi connectivity index (χ4n) is 1.36. The predicted octanol–water partition coefficient (Wildman–Crippen LogP) is 2.21. The zero-order valence-electron chi connectivity index (χ0n) is 10.9. The van der Waals surface area contributed by atoms with E-state index in [1.165, 1.54) is 21.1 Å². The lowest BCUT2D eigenvalue weighted by atomic mass is 10.1. The van der Waals surface area contributed by atoms with Crippen molar-refractivity contribution >= 4 is 27.7 Å². The SMILES string of the molecule is COC(=O)C(Br)COc1ccc(C(C)=O)cc1OC. The Morgan fingerprint density at radius 1 is 1.26 bits per heavy atom. The molecule has 0 aliphatic rings. The van der Waals surface area contributed by atoms with Crippen LogP contribution in [0.25, 0.3) is 0 Å². The monoisotopic (exact) mass is 330 g/mol. The molecule has 0 amide bonds. The van der Waals surface area contributed by atoms with Crippen molar-refractivity contribution in [1.29, 1.82) is 0 Å². The second-order valence-electron chi connectivity index (χ2n) is 3.72. The number of esters is 1. The smallest absolute Gasteiger partial charge is 0.322 e. The largest absolute Gasteiger partial charge is 0.493 e. The van der Waals surface area contributed by atoms with Gasteiger partial charge in [-0.25, -0.2) is 0 Å². The van der Waals surface area contributed by atoms with E-state index in [0.717, 1.165) is 0 Å². The van der Waals surface area contributed by atoms with Crippen LogP contribution in [0.2, 0.25) is 0 Å². The molecule has 1 rings (SSSR count). The molecule has 1 aromatic carbocycles. The normalized spacial score (nSPS) is 11.6. The van der Waals surface area contributed by atoms with Crippen molar-refractivity contribution in [3.63, 3.8) is 0 Å². The lowest BCUT2D eigenvalue weighted by Gasteiger charge is -2.13. The van der Waals surface area contributed by atoms with Crippen LogP contribution in [0.4, 0.5) is 0 Å². The number of hydrogen-bond donors (Lipinski definition) is 0. The summed E-state index contributed by atoms with van der Waals surface area (Å²) in [5.74, 6) is 0.426. The van der Waals surface area contributed by atoms with E-state index in [1.54, 1.807) is 18.2 Å². The Hall–Kier alpha value is -1.56. The van der Waals surface area contributed by atoms with Crippen LogP contribution >= 0.6 is 15.9 Å². The van der Waals surface area contributed by atoms with Crippen molar-refractivity contribution in [2.45, 2.75) is 11.8 Å². The van der Waals surface area contributed by atoms with Gasteiger partial charge in [0.2, 0.25) is 0 Å². The Morgan fingerprint density at radius 2 is 1.95 bits per heavy atom. The number of methoxy groups -OCH3 is 2. The van der Waals surface area contributed by atoms with Crippen molar-refractivity contribution in [3.8, 4) is 11.5 Å². The number of hydrogen-bond acceptors (Lipinski definition) is 5. The molecular formula is C13H15BrO5. The maximum Gasteiger partial charge on any atom is 0.322 e. The maximum absolute atomic E-state index is 11.3. The van der Waals surface area contributed by atoms with Gasteiger partial charge in [-0.05, 0) is 25.1 Å². The highest BCUT2D eigenvalue weighted by atomic mass is 79.9. The van der Waals surface area contributed by atoms with E-state index in [9.17, 15) is 9.59 Å².